The minimum absolute atomic E-state index is 0.0276. The highest BCUT2D eigenvalue weighted by Gasteiger charge is 2.24. The number of furan rings is 1. The fourth-order valence-corrected chi connectivity index (χ4v) is 2.89. The van der Waals surface area contributed by atoms with Gasteiger partial charge in [-0.05, 0) is 24.3 Å². The van der Waals surface area contributed by atoms with Crippen molar-refractivity contribution >= 4 is 23.2 Å². The second kappa shape index (κ2) is 7.02. The van der Waals surface area contributed by atoms with Gasteiger partial charge in [-0.25, -0.2) is 0 Å². The Kier molecular flexibility index (Phi) is 4.82. The van der Waals surface area contributed by atoms with Gasteiger partial charge in [0.2, 0.25) is 0 Å². The Morgan fingerprint density at radius 1 is 1.25 bits per heavy atom. The monoisotopic (exact) mass is 349 g/mol. The molecule has 0 spiro atoms. The maximum absolute atomic E-state index is 12.5. The zero-order chi connectivity index (χ0) is 17.1. The number of benzene rings is 1. The first kappa shape index (κ1) is 16.5. The predicted octanol–water partition coefficient (Wildman–Crippen LogP) is 2.80. The van der Waals surface area contributed by atoms with Crippen LogP contribution in [0.4, 0.5) is 5.69 Å². The molecule has 1 saturated heterocycles. The number of amides is 1. The highest BCUT2D eigenvalue weighted by atomic mass is 35.5. The Morgan fingerprint density at radius 3 is 2.62 bits per heavy atom. The van der Waals surface area contributed by atoms with Gasteiger partial charge in [0.05, 0.1) is 17.7 Å². The zero-order valence-electron chi connectivity index (χ0n) is 12.9. The van der Waals surface area contributed by atoms with Gasteiger partial charge in [-0.3, -0.25) is 19.8 Å². The summed E-state index contributed by atoms with van der Waals surface area (Å²) in [4.78, 5) is 26.8. The molecule has 0 N–H and O–H groups in total. The fourth-order valence-electron chi connectivity index (χ4n) is 2.70. The largest absolute Gasteiger partial charge is 0.468 e. The molecule has 8 heteroatoms. The van der Waals surface area contributed by atoms with E-state index in [4.69, 9.17) is 16.0 Å². The number of hydrogen-bond donors (Lipinski definition) is 0. The molecule has 0 aliphatic carbocycles. The second-order valence-corrected chi connectivity index (χ2v) is 5.98. The number of halogens is 1. The maximum Gasteiger partial charge on any atom is 0.288 e. The molecule has 1 aliphatic heterocycles. The summed E-state index contributed by atoms with van der Waals surface area (Å²) in [5, 5.41) is 11.0. The Labute approximate surface area is 143 Å². The molecule has 2 aromatic rings. The van der Waals surface area contributed by atoms with Crippen molar-refractivity contribution in [3.63, 3.8) is 0 Å². The number of rotatable bonds is 4. The summed E-state index contributed by atoms with van der Waals surface area (Å²) < 4.78 is 5.33. The van der Waals surface area contributed by atoms with Crippen molar-refractivity contribution in [2.45, 2.75) is 6.54 Å². The van der Waals surface area contributed by atoms with E-state index in [1.807, 2.05) is 12.1 Å². The van der Waals surface area contributed by atoms with Crippen LogP contribution in [0.2, 0.25) is 5.02 Å². The van der Waals surface area contributed by atoms with Crippen molar-refractivity contribution in [1.82, 2.24) is 9.80 Å². The third-order valence-corrected chi connectivity index (χ3v) is 4.33. The summed E-state index contributed by atoms with van der Waals surface area (Å²) in [5.41, 5.74) is 0.0320. The van der Waals surface area contributed by atoms with Gasteiger partial charge in [0, 0.05) is 37.8 Å². The first-order valence-corrected chi connectivity index (χ1v) is 7.90. The molecule has 126 valence electrons. The molecule has 1 amide bonds. The van der Waals surface area contributed by atoms with Crippen molar-refractivity contribution in [2.75, 3.05) is 26.2 Å². The van der Waals surface area contributed by atoms with Crippen molar-refractivity contribution in [3.8, 4) is 0 Å². The van der Waals surface area contributed by atoms with Crippen LogP contribution < -0.4 is 0 Å². The fraction of sp³-hybridized carbons (Fsp3) is 0.312. The van der Waals surface area contributed by atoms with Gasteiger partial charge < -0.3 is 9.32 Å². The smallest absolute Gasteiger partial charge is 0.288 e. The molecule has 0 radical (unpaired) electrons. The third kappa shape index (κ3) is 3.58. The molecule has 24 heavy (non-hydrogen) atoms. The molecule has 0 unspecified atom stereocenters. The van der Waals surface area contributed by atoms with Crippen LogP contribution in [0.15, 0.2) is 41.0 Å². The second-order valence-electron chi connectivity index (χ2n) is 5.57. The van der Waals surface area contributed by atoms with Crippen LogP contribution in [0.25, 0.3) is 0 Å². The molecule has 1 aliphatic rings. The topological polar surface area (TPSA) is 79.8 Å². The van der Waals surface area contributed by atoms with E-state index in [0.29, 0.717) is 19.6 Å². The van der Waals surface area contributed by atoms with E-state index in [1.165, 1.54) is 18.2 Å². The minimum Gasteiger partial charge on any atom is -0.468 e. The lowest BCUT2D eigenvalue weighted by Gasteiger charge is -2.34. The van der Waals surface area contributed by atoms with Crippen molar-refractivity contribution < 1.29 is 14.1 Å². The first-order valence-electron chi connectivity index (χ1n) is 7.52. The quantitative estimate of drug-likeness (QED) is 0.626. The molecule has 0 saturated carbocycles. The van der Waals surface area contributed by atoms with Crippen molar-refractivity contribution in [3.05, 3.63) is 63.1 Å². The lowest BCUT2D eigenvalue weighted by Crippen LogP contribution is -2.48. The molecule has 0 bridgehead atoms. The Morgan fingerprint density at radius 2 is 2.00 bits per heavy atom. The van der Waals surface area contributed by atoms with Crippen LogP contribution in [0.1, 0.15) is 16.1 Å². The number of nitrogens with zero attached hydrogens (tertiary/aromatic N) is 3. The van der Waals surface area contributed by atoms with E-state index < -0.39 is 4.92 Å². The molecular formula is C16H16ClN3O4. The number of carbonyl (C=O) groups excluding carboxylic acids is 1. The summed E-state index contributed by atoms with van der Waals surface area (Å²) in [6.45, 7) is 3.29. The molecule has 1 aromatic heterocycles. The number of piperazine rings is 1. The van der Waals surface area contributed by atoms with Gasteiger partial charge in [-0.2, -0.15) is 0 Å². The van der Waals surface area contributed by atoms with Crippen LogP contribution in [-0.2, 0) is 6.54 Å². The Bertz CT molecular complexity index is 740. The average molecular weight is 350 g/mol. The summed E-state index contributed by atoms with van der Waals surface area (Å²) in [6.07, 6.45) is 1.64. The van der Waals surface area contributed by atoms with Crippen LogP contribution in [0.3, 0.4) is 0 Å². The van der Waals surface area contributed by atoms with Crippen molar-refractivity contribution in [1.29, 1.82) is 0 Å². The highest BCUT2D eigenvalue weighted by Crippen LogP contribution is 2.26. The highest BCUT2D eigenvalue weighted by molar-refractivity contribution is 6.32. The third-order valence-electron chi connectivity index (χ3n) is 4.01. The molecule has 7 nitrogen and oxygen atoms in total. The van der Waals surface area contributed by atoms with Crippen LogP contribution >= 0.6 is 11.6 Å². The number of carbonyl (C=O) groups is 1. The molecule has 1 aromatic carbocycles. The SMILES string of the molecule is O=C(c1ccc(Cl)c([N+](=O)[O-])c1)N1CCN(Cc2ccco2)CC1. The van der Waals surface area contributed by atoms with Gasteiger partial charge >= 0.3 is 0 Å². The summed E-state index contributed by atoms with van der Waals surface area (Å²) in [5.74, 6) is 0.676. The van der Waals surface area contributed by atoms with Gasteiger partial charge in [-0.15, -0.1) is 0 Å². The predicted molar refractivity (Wildman–Crippen MR) is 88.0 cm³/mol. The normalized spacial score (nSPS) is 15.5. The van der Waals surface area contributed by atoms with Gasteiger partial charge in [0.1, 0.15) is 10.8 Å². The standard InChI is InChI=1S/C16H16ClN3O4/c17-14-4-3-12(10-15(14)20(22)23)16(21)19-7-5-18(6-8-19)11-13-2-1-9-24-13/h1-4,9-10H,5-8,11H2. The minimum atomic E-state index is -0.583. The average Bonchev–Trinajstić information content (AvgIpc) is 3.08. The molecular weight excluding hydrogens is 334 g/mol. The van der Waals surface area contributed by atoms with Crippen LogP contribution in [0, 0.1) is 10.1 Å². The lowest BCUT2D eigenvalue weighted by atomic mass is 10.1. The van der Waals surface area contributed by atoms with E-state index in [9.17, 15) is 14.9 Å². The summed E-state index contributed by atoms with van der Waals surface area (Å²) in [6, 6.07) is 7.92. The summed E-state index contributed by atoms with van der Waals surface area (Å²) >= 11 is 5.79. The first-order chi connectivity index (χ1) is 11.5. The molecule has 1 fully saturated rings. The Hall–Kier alpha value is -2.38. The van der Waals surface area contributed by atoms with E-state index in [-0.39, 0.29) is 22.2 Å². The molecule has 3 rings (SSSR count). The van der Waals surface area contributed by atoms with Gasteiger partial charge in [0.15, 0.2) is 0 Å². The number of nitro benzene ring substituents is 1. The van der Waals surface area contributed by atoms with E-state index in [0.717, 1.165) is 18.8 Å². The number of nitro groups is 1. The maximum atomic E-state index is 12.5. The van der Waals surface area contributed by atoms with Crippen LogP contribution in [0.5, 0.6) is 0 Å². The van der Waals surface area contributed by atoms with E-state index in [1.54, 1.807) is 11.2 Å². The molecule has 2 heterocycles. The van der Waals surface area contributed by atoms with Crippen LogP contribution in [-0.4, -0.2) is 46.8 Å². The van der Waals surface area contributed by atoms with Gasteiger partial charge in [-0.1, -0.05) is 11.6 Å². The summed E-state index contributed by atoms with van der Waals surface area (Å²) in [7, 11) is 0. The van der Waals surface area contributed by atoms with E-state index in [2.05, 4.69) is 4.90 Å². The number of hydrogen-bond acceptors (Lipinski definition) is 5. The molecule has 0 atom stereocenters. The van der Waals surface area contributed by atoms with Gasteiger partial charge in [0.25, 0.3) is 11.6 Å². The zero-order valence-corrected chi connectivity index (χ0v) is 13.6. The lowest BCUT2D eigenvalue weighted by molar-refractivity contribution is -0.384. The Balaban J connectivity index is 1.63. The van der Waals surface area contributed by atoms with Crippen molar-refractivity contribution in [2.24, 2.45) is 0 Å². The van der Waals surface area contributed by atoms with E-state index >= 15 is 0 Å².